The topological polar surface area (TPSA) is 65.0 Å². The van der Waals surface area contributed by atoms with Crippen LogP contribution in [-0.4, -0.2) is 31.4 Å². The first-order chi connectivity index (χ1) is 9.12. The van der Waals surface area contributed by atoms with Gasteiger partial charge in [-0.15, -0.1) is 0 Å². The fourth-order valence-electron chi connectivity index (χ4n) is 2.31. The summed E-state index contributed by atoms with van der Waals surface area (Å²) in [5, 5.41) is 8.97. The number of aliphatic carboxylic acids is 1. The van der Waals surface area contributed by atoms with Crippen LogP contribution >= 0.6 is 0 Å². The molecule has 0 saturated heterocycles. The largest absolute Gasteiger partial charge is 0.496 e. The highest BCUT2D eigenvalue weighted by Crippen LogP contribution is 2.33. The van der Waals surface area contributed by atoms with Gasteiger partial charge in [-0.1, -0.05) is 0 Å². The molecule has 5 heteroatoms. The Morgan fingerprint density at radius 2 is 1.68 bits per heavy atom. The number of benzene rings is 1. The van der Waals surface area contributed by atoms with Gasteiger partial charge in [0.2, 0.25) is 0 Å². The highest BCUT2D eigenvalue weighted by atomic mass is 16.5. The van der Waals surface area contributed by atoms with Crippen molar-refractivity contribution < 1.29 is 24.1 Å². The van der Waals surface area contributed by atoms with Crippen molar-refractivity contribution in [2.75, 3.05) is 14.2 Å². The molecule has 1 aromatic rings. The lowest BCUT2D eigenvalue weighted by atomic mass is 10.1. The number of methoxy groups -OCH3 is 2. The average Bonchev–Trinajstić information content (AvgIpc) is 2.87. The van der Waals surface area contributed by atoms with E-state index in [9.17, 15) is 4.79 Å². The van der Waals surface area contributed by atoms with E-state index in [0.29, 0.717) is 30.1 Å². The summed E-state index contributed by atoms with van der Waals surface area (Å²) in [6, 6.07) is 5.31. The zero-order chi connectivity index (χ0) is 13.8. The number of carboxylic acids is 1. The van der Waals surface area contributed by atoms with Gasteiger partial charge in [0.05, 0.1) is 26.2 Å². The molecule has 2 unspecified atom stereocenters. The van der Waals surface area contributed by atoms with Crippen LogP contribution in [0.4, 0.5) is 0 Å². The summed E-state index contributed by atoms with van der Waals surface area (Å²) in [5.74, 6) is 0.920. The Bertz CT molecular complexity index is 435. The molecule has 2 rings (SSSR count). The molecule has 5 nitrogen and oxygen atoms in total. The summed E-state index contributed by atoms with van der Waals surface area (Å²) in [7, 11) is 3.16. The molecule has 1 aliphatic carbocycles. The lowest BCUT2D eigenvalue weighted by Gasteiger charge is -2.15. The SMILES string of the molecule is COc1cc(OC)cc(OC2CCC(C(=O)O)C2)c1. The maximum absolute atomic E-state index is 10.9. The van der Waals surface area contributed by atoms with E-state index >= 15 is 0 Å². The van der Waals surface area contributed by atoms with Crippen molar-refractivity contribution >= 4 is 5.97 Å². The van der Waals surface area contributed by atoms with Gasteiger partial charge in [0, 0.05) is 18.2 Å². The first kappa shape index (κ1) is 13.5. The van der Waals surface area contributed by atoms with E-state index in [1.54, 1.807) is 32.4 Å². The Morgan fingerprint density at radius 1 is 1.11 bits per heavy atom. The molecule has 0 amide bonds. The molecule has 0 spiro atoms. The molecular formula is C14H18O5. The predicted octanol–water partition coefficient (Wildman–Crippen LogP) is 2.34. The third kappa shape index (κ3) is 3.30. The van der Waals surface area contributed by atoms with Crippen molar-refractivity contribution in [2.45, 2.75) is 25.4 Å². The van der Waals surface area contributed by atoms with E-state index in [1.807, 2.05) is 0 Å². The molecule has 1 N–H and O–H groups in total. The Labute approximate surface area is 112 Å². The van der Waals surface area contributed by atoms with E-state index < -0.39 is 5.97 Å². The van der Waals surface area contributed by atoms with Crippen molar-refractivity contribution in [1.29, 1.82) is 0 Å². The Hall–Kier alpha value is -1.91. The molecule has 0 aliphatic heterocycles. The van der Waals surface area contributed by atoms with Gasteiger partial charge in [0.25, 0.3) is 0 Å². The van der Waals surface area contributed by atoms with Crippen LogP contribution in [-0.2, 0) is 4.79 Å². The van der Waals surface area contributed by atoms with Crippen molar-refractivity contribution in [1.82, 2.24) is 0 Å². The second-order valence-corrected chi connectivity index (χ2v) is 4.64. The smallest absolute Gasteiger partial charge is 0.306 e. The van der Waals surface area contributed by atoms with E-state index in [2.05, 4.69) is 0 Å². The standard InChI is InChI=1S/C14H18O5/c1-17-11-6-12(18-2)8-13(7-11)19-10-4-3-9(5-10)14(15)16/h6-10H,3-5H2,1-2H3,(H,15,16). The van der Waals surface area contributed by atoms with Gasteiger partial charge in [0.1, 0.15) is 17.2 Å². The zero-order valence-corrected chi connectivity index (χ0v) is 11.1. The lowest BCUT2D eigenvalue weighted by Crippen LogP contribution is -2.15. The molecule has 0 heterocycles. The first-order valence-corrected chi connectivity index (χ1v) is 6.25. The number of carbonyl (C=O) groups is 1. The van der Waals surface area contributed by atoms with Crippen LogP contribution in [0.25, 0.3) is 0 Å². The molecule has 0 radical (unpaired) electrons. The first-order valence-electron chi connectivity index (χ1n) is 6.25. The fraction of sp³-hybridized carbons (Fsp3) is 0.500. The molecular weight excluding hydrogens is 248 g/mol. The second-order valence-electron chi connectivity index (χ2n) is 4.64. The average molecular weight is 266 g/mol. The number of ether oxygens (including phenoxy) is 3. The van der Waals surface area contributed by atoms with Gasteiger partial charge in [-0.05, 0) is 19.3 Å². The van der Waals surface area contributed by atoms with Crippen LogP contribution < -0.4 is 14.2 Å². The number of rotatable bonds is 5. The summed E-state index contributed by atoms with van der Waals surface area (Å²) in [4.78, 5) is 10.9. The Kier molecular flexibility index (Phi) is 4.14. The minimum Gasteiger partial charge on any atom is -0.496 e. The van der Waals surface area contributed by atoms with E-state index in [-0.39, 0.29) is 12.0 Å². The van der Waals surface area contributed by atoms with Gasteiger partial charge in [0.15, 0.2) is 0 Å². The van der Waals surface area contributed by atoms with Crippen molar-refractivity contribution in [3.63, 3.8) is 0 Å². The maximum Gasteiger partial charge on any atom is 0.306 e. The van der Waals surface area contributed by atoms with E-state index in [4.69, 9.17) is 19.3 Å². The third-order valence-corrected chi connectivity index (χ3v) is 3.36. The second kappa shape index (κ2) is 5.82. The van der Waals surface area contributed by atoms with Crippen LogP contribution in [0.15, 0.2) is 18.2 Å². The molecule has 1 aliphatic rings. The van der Waals surface area contributed by atoms with Crippen LogP contribution in [0.5, 0.6) is 17.2 Å². The number of carboxylic acid groups (broad SMARTS) is 1. The van der Waals surface area contributed by atoms with Crippen LogP contribution in [0, 0.1) is 5.92 Å². The molecule has 104 valence electrons. The van der Waals surface area contributed by atoms with Gasteiger partial charge >= 0.3 is 5.97 Å². The van der Waals surface area contributed by atoms with Gasteiger partial charge in [-0.2, -0.15) is 0 Å². The normalized spacial score (nSPS) is 22.0. The highest BCUT2D eigenvalue weighted by Gasteiger charge is 2.31. The zero-order valence-electron chi connectivity index (χ0n) is 11.1. The van der Waals surface area contributed by atoms with Crippen molar-refractivity contribution in [3.8, 4) is 17.2 Å². The van der Waals surface area contributed by atoms with Gasteiger partial charge in [-0.3, -0.25) is 4.79 Å². The minimum absolute atomic E-state index is 0.0575. The van der Waals surface area contributed by atoms with Crippen molar-refractivity contribution in [2.24, 2.45) is 5.92 Å². The highest BCUT2D eigenvalue weighted by molar-refractivity contribution is 5.70. The summed E-state index contributed by atoms with van der Waals surface area (Å²) in [6.45, 7) is 0. The monoisotopic (exact) mass is 266 g/mol. The van der Waals surface area contributed by atoms with Crippen LogP contribution in [0.2, 0.25) is 0 Å². The molecule has 1 aromatic carbocycles. The summed E-state index contributed by atoms with van der Waals surface area (Å²) in [6.07, 6.45) is 1.92. The Balaban J connectivity index is 2.05. The van der Waals surface area contributed by atoms with E-state index in [0.717, 1.165) is 6.42 Å². The summed E-state index contributed by atoms with van der Waals surface area (Å²) in [5.41, 5.74) is 0. The Morgan fingerprint density at radius 3 is 2.16 bits per heavy atom. The molecule has 0 bridgehead atoms. The van der Waals surface area contributed by atoms with Gasteiger partial charge < -0.3 is 19.3 Å². The van der Waals surface area contributed by atoms with Crippen LogP contribution in [0.3, 0.4) is 0 Å². The summed E-state index contributed by atoms with van der Waals surface area (Å²) < 4.78 is 16.2. The minimum atomic E-state index is -0.741. The molecule has 1 fully saturated rings. The summed E-state index contributed by atoms with van der Waals surface area (Å²) >= 11 is 0. The maximum atomic E-state index is 10.9. The molecule has 1 saturated carbocycles. The lowest BCUT2D eigenvalue weighted by molar-refractivity contribution is -0.141. The number of hydrogen-bond donors (Lipinski definition) is 1. The predicted molar refractivity (Wildman–Crippen MR) is 68.9 cm³/mol. The van der Waals surface area contributed by atoms with Crippen LogP contribution in [0.1, 0.15) is 19.3 Å². The number of hydrogen-bond acceptors (Lipinski definition) is 4. The molecule has 0 aromatic heterocycles. The van der Waals surface area contributed by atoms with E-state index in [1.165, 1.54) is 0 Å². The quantitative estimate of drug-likeness (QED) is 0.886. The van der Waals surface area contributed by atoms with Gasteiger partial charge in [-0.25, -0.2) is 0 Å². The third-order valence-electron chi connectivity index (χ3n) is 3.36. The molecule has 2 atom stereocenters. The fourth-order valence-corrected chi connectivity index (χ4v) is 2.31. The molecule has 19 heavy (non-hydrogen) atoms. The van der Waals surface area contributed by atoms with Crippen molar-refractivity contribution in [3.05, 3.63) is 18.2 Å².